The lowest BCUT2D eigenvalue weighted by Gasteiger charge is -2.57. The number of piperidine rings is 2. The minimum Gasteiger partial charge on any atom is -0.491 e. The van der Waals surface area contributed by atoms with Gasteiger partial charge in [0, 0.05) is 11.7 Å². The van der Waals surface area contributed by atoms with Crippen LogP contribution in [0.15, 0.2) is 42.7 Å². The smallest absolute Gasteiger partial charge is 0.275 e. The Hall–Kier alpha value is -3.29. The molecule has 2 unspecified atom stereocenters. The third kappa shape index (κ3) is 3.63. The van der Waals surface area contributed by atoms with Gasteiger partial charge in [0.05, 0.1) is 11.7 Å². The molecule has 32 heavy (non-hydrogen) atoms. The fourth-order valence-electron chi connectivity index (χ4n) is 4.86. The van der Waals surface area contributed by atoms with Crippen LogP contribution in [0.5, 0.6) is 5.75 Å². The first-order valence-corrected chi connectivity index (χ1v) is 11.0. The van der Waals surface area contributed by atoms with E-state index in [2.05, 4.69) is 22.0 Å². The second kappa shape index (κ2) is 8.00. The van der Waals surface area contributed by atoms with Gasteiger partial charge in [-0.05, 0) is 74.9 Å². The maximum Gasteiger partial charge on any atom is 0.275 e. The van der Waals surface area contributed by atoms with Crippen molar-refractivity contribution in [2.45, 2.75) is 45.7 Å². The maximum absolute atomic E-state index is 13.9. The first-order chi connectivity index (χ1) is 15.4. The molecule has 0 radical (unpaired) electrons. The van der Waals surface area contributed by atoms with E-state index in [4.69, 9.17) is 4.74 Å². The quantitative estimate of drug-likeness (QED) is 0.611. The van der Waals surface area contributed by atoms with Gasteiger partial charge >= 0.3 is 0 Å². The molecule has 1 aromatic carbocycles. The maximum atomic E-state index is 13.9. The summed E-state index contributed by atoms with van der Waals surface area (Å²) in [7, 11) is 0. The molecule has 166 valence electrons. The van der Waals surface area contributed by atoms with Gasteiger partial charge in [-0.15, -0.1) is 0 Å². The second-order valence-electron chi connectivity index (χ2n) is 8.85. The molecule has 2 atom stereocenters. The van der Waals surface area contributed by atoms with Gasteiger partial charge in [-0.3, -0.25) is 4.79 Å². The number of aromatic nitrogens is 4. The molecule has 1 amide bonds. The number of pyridine rings is 1. The van der Waals surface area contributed by atoms with Gasteiger partial charge in [0.1, 0.15) is 30.3 Å². The Bertz CT molecular complexity index is 1140. The van der Waals surface area contributed by atoms with Crippen molar-refractivity contribution in [1.82, 2.24) is 24.6 Å². The molecule has 2 saturated heterocycles. The normalized spacial score (nSPS) is 24.2. The van der Waals surface area contributed by atoms with Gasteiger partial charge in [0.15, 0.2) is 5.69 Å². The lowest BCUT2D eigenvalue weighted by Crippen LogP contribution is -2.64. The molecule has 3 aromatic rings. The average Bonchev–Trinajstić information content (AvgIpc) is 3.18. The number of aryl methyl sites for hydroxylation is 2. The topological polar surface area (TPSA) is 73.1 Å². The molecule has 0 spiro atoms. The zero-order chi connectivity index (χ0) is 22.4. The molecule has 2 aliphatic heterocycles. The summed E-state index contributed by atoms with van der Waals surface area (Å²) in [5, 5.41) is 4.38. The van der Waals surface area contributed by atoms with E-state index in [0.717, 1.165) is 18.5 Å². The van der Waals surface area contributed by atoms with Crippen LogP contribution in [-0.4, -0.2) is 49.2 Å². The molecule has 6 rings (SSSR count). The Kier molecular flexibility index (Phi) is 5.15. The van der Waals surface area contributed by atoms with E-state index in [-0.39, 0.29) is 23.8 Å². The second-order valence-corrected chi connectivity index (χ2v) is 8.85. The van der Waals surface area contributed by atoms with Crippen LogP contribution in [-0.2, 0) is 0 Å². The molecule has 7 nitrogen and oxygen atoms in total. The lowest BCUT2D eigenvalue weighted by atomic mass is 9.64. The molecule has 8 heteroatoms. The molecule has 0 N–H and O–H groups in total. The van der Waals surface area contributed by atoms with Crippen LogP contribution in [0.3, 0.4) is 0 Å². The first kappa shape index (κ1) is 20.6. The van der Waals surface area contributed by atoms with Crippen molar-refractivity contribution in [3.8, 4) is 11.4 Å². The van der Waals surface area contributed by atoms with Gasteiger partial charge in [-0.25, -0.2) is 19.0 Å². The highest BCUT2D eigenvalue weighted by atomic mass is 19.1. The van der Waals surface area contributed by atoms with Crippen LogP contribution in [0.4, 0.5) is 4.39 Å². The fraction of sp³-hybridized carbons (Fsp3) is 0.417. The SMILES string of the molecule is Cc1ccc(-n2cnc(C)n2)c(C(=O)N2C3CC(C3)C(C)C2COc2ccc(F)cc2)n1. The summed E-state index contributed by atoms with van der Waals surface area (Å²) < 4.78 is 20.8. The monoisotopic (exact) mass is 435 g/mol. The van der Waals surface area contributed by atoms with Crippen molar-refractivity contribution in [1.29, 1.82) is 0 Å². The van der Waals surface area contributed by atoms with E-state index in [9.17, 15) is 9.18 Å². The third-order valence-corrected chi connectivity index (χ3v) is 6.79. The number of halogens is 1. The van der Waals surface area contributed by atoms with Crippen molar-refractivity contribution in [3.63, 3.8) is 0 Å². The Balaban J connectivity index is 1.46. The van der Waals surface area contributed by atoms with Crippen LogP contribution < -0.4 is 4.74 Å². The number of ether oxygens (including phenoxy) is 1. The van der Waals surface area contributed by atoms with E-state index >= 15 is 0 Å². The molecule has 4 heterocycles. The molecule has 3 fully saturated rings. The summed E-state index contributed by atoms with van der Waals surface area (Å²) in [6.07, 6.45) is 3.61. The van der Waals surface area contributed by atoms with Crippen LogP contribution in [0.1, 0.15) is 41.8 Å². The van der Waals surface area contributed by atoms with Crippen molar-refractivity contribution in [3.05, 3.63) is 65.8 Å². The Morgan fingerprint density at radius 3 is 2.59 bits per heavy atom. The molecule has 2 aromatic heterocycles. The third-order valence-electron chi connectivity index (χ3n) is 6.79. The summed E-state index contributed by atoms with van der Waals surface area (Å²) in [5.41, 5.74) is 1.76. The van der Waals surface area contributed by atoms with Gasteiger partial charge in [-0.1, -0.05) is 6.92 Å². The number of nitrogens with zero attached hydrogens (tertiary/aromatic N) is 5. The van der Waals surface area contributed by atoms with E-state index in [0.29, 0.717) is 41.4 Å². The number of carbonyl (C=O) groups is 1. The highest BCUT2D eigenvalue weighted by Crippen LogP contribution is 2.47. The van der Waals surface area contributed by atoms with E-state index < -0.39 is 0 Å². The fourth-order valence-corrected chi connectivity index (χ4v) is 4.86. The molecule has 1 saturated carbocycles. The van der Waals surface area contributed by atoms with E-state index in [1.165, 1.54) is 12.1 Å². The van der Waals surface area contributed by atoms with Crippen molar-refractivity contribution in [2.24, 2.45) is 11.8 Å². The number of hydrogen-bond acceptors (Lipinski definition) is 5. The Morgan fingerprint density at radius 1 is 1.16 bits per heavy atom. The number of hydrogen-bond donors (Lipinski definition) is 0. The summed E-state index contributed by atoms with van der Waals surface area (Å²) in [6, 6.07) is 9.81. The number of rotatable bonds is 5. The molecular weight excluding hydrogens is 409 g/mol. The minimum atomic E-state index is -0.303. The summed E-state index contributed by atoms with van der Waals surface area (Å²) >= 11 is 0. The van der Waals surface area contributed by atoms with Gasteiger partial charge in [0.2, 0.25) is 0 Å². The zero-order valence-corrected chi connectivity index (χ0v) is 18.4. The van der Waals surface area contributed by atoms with Gasteiger partial charge in [-0.2, -0.15) is 5.10 Å². The van der Waals surface area contributed by atoms with Crippen LogP contribution in [0.2, 0.25) is 0 Å². The average molecular weight is 436 g/mol. The molecule has 3 aliphatic rings. The van der Waals surface area contributed by atoms with Crippen molar-refractivity contribution in [2.75, 3.05) is 6.61 Å². The number of amides is 1. The first-order valence-electron chi connectivity index (χ1n) is 11.0. The minimum absolute atomic E-state index is 0.0855. The van der Waals surface area contributed by atoms with Gasteiger partial charge < -0.3 is 9.64 Å². The Morgan fingerprint density at radius 2 is 1.91 bits per heavy atom. The summed E-state index contributed by atoms with van der Waals surface area (Å²) in [4.78, 5) is 24.7. The molecular formula is C24H26FN5O2. The standard InChI is InChI=1S/C24H26FN5O2/c1-14-4-9-21(29-13-26-16(3)28-29)23(27-14)24(31)30-19-10-17(11-19)15(2)22(30)12-32-20-7-5-18(25)6-8-20/h4-9,13,15,17,19,22H,10-12H2,1-3H3. The highest BCUT2D eigenvalue weighted by Gasteiger charge is 2.51. The van der Waals surface area contributed by atoms with Crippen molar-refractivity contribution >= 4 is 5.91 Å². The van der Waals surface area contributed by atoms with Crippen LogP contribution in [0.25, 0.3) is 5.69 Å². The van der Waals surface area contributed by atoms with E-state index in [1.54, 1.807) is 23.1 Å². The van der Waals surface area contributed by atoms with Crippen LogP contribution >= 0.6 is 0 Å². The molecule has 1 aliphatic carbocycles. The summed E-state index contributed by atoms with van der Waals surface area (Å²) in [5.74, 6) is 1.70. The highest BCUT2D eigenvalue weighted by molar-refractivity contribution is 5.96. The van der Waals surface area contributed by atoms with Crippen LogP contribution in [0, 0.1) is 31.5 Å². The largest absolute Gasteiger partial charge is 0.491 e. The predicted octanol–water partition coefficient (Wildman–Crippen LogP) is 3.74. The Labute approximate surface area is 186 Å². The number of carbonyl (C=O) groups excluding carboxylic acids is 1. The summed E-state index contributed by atoms with van der Waals surface area (Å²) in [6.45, 7) is 6.23. The van der Waals surface area contributed by atoms with E-state index in [1.807, 2.05) is 30.9 Å². The zero-order valence-electron chi connectivity index (χ0n) is 18.4. The number of benzene rings is 1. The lowest BCUT2D eigenvalue weighted by molar-refractivity contribution is -0.0673. The molecule has 2 bridgehead atoms. The predicted molar refractivity (Wildman–Crippen MR) is 116 cm³/mol. The number of fused-ring (bicyclic) bond motifs is 2. The van der Waals surface area contributed by atoms with Gasteiger partial charge in [0.25, 0.3) is 5.91 Å². The van der Waals surface area contributed by atoms with Crippen molar-refractivity contribution < 1.29 is 13.9 Å².